The lowest BCUT2D eigenvalue weighted by atomic mass is 10.1. The highest BCUT2D eigenvalue weighted by atomic mass is 16.4. The summed E-state index contributed by atoms with van der Waals surface area (Å²) in [5.74, 6) is -3.71. The Labute approximate surface area is 206 Å². The molecule has 1 aliphatic heterocycles. The molecule has 196 valence electrons. The molecule has 0 saturated heterocycles. The molecule has 0 fully saturated rings. The molecule has 35 heavy (non-hydrogen) atoms. The van der Waals surface area contributed by atoms with Crippen LogP contribution in [0.5, 0.6) is 0 Å². The molecule has 3 atom stereocenters. The van der Waals surface area contributed by atoms with E-state index >= 15 is 0 Å². The zero-order valence-corrected chi connectivity index (χ0v) is 21.0. The molecule has 1 aromatic heterocycles. The number of aryl methyl sites for hydroxylation is 1. The van der Waals surface area contributed by atoms with Gasteiger partial charge in [-0.2, -0.15) is 0 Å². The molecule has 0 spiro atoms. The van der Waals surface area contributed by atoms with Gasteiger partial charge in [-0.1, -0.05) is 0 Å². The van der Waals surface area contributed by atoms with Crippen molar-refractivity contribution in [2.75, 3.05) is 39.8 Å². The predicted molar refractivity (Wildman–Crippen MR) is 122 cm³/mol. The molecule has 0 aromatic carbocycles. The number of aromatic nitrogens is 1. The number of nitrogens with zero attached hydrogens (tertiary/aromatic N) is 4. The van der Waals surface area contributed by atoms with Gasteiger partial charge in [0.25, 0.3) is 0 Å². The molecule has 0 radical (unpaired) electrons. The minimum atomic E-state index is -1.26. The number of hydrogen-bond donors (Lipinski definition) is 1. The number of fused-ring (bicyclic) bond motifs is 2. The van der Waals surface area contributed by atoms with E-state index in [1.54, 1.807) is 14.7 Å². The first-order valence-corrected chi connectivity index (χ1v) is 12.0. The number of carboxylic acids is 3. The van der Waals surface area contributed by atoms with Crippen LogP contribution < -0.4 is 20.6 Å². The molecule has 1 N–H and O–H groups in total. The lowest BCUT2D eigenvalue weighted by Gasteiger charge is -2.38. The van der Waals surface area contributed by atoms with Gasteiger partial charge in [0.2, 0.25) is 0 Å². The summed E-state index contributed by atoms with van der Waals surface area (Å²) in [4.78, 5) is 44.7. The van der Waals surface area contributed by atoms with Crippen LogP contribution in [-0.4, -0.2) is 95.5 Å². The first kappa shape index (κ1) is 28.6. The van der Waals surface area contributed by atoms with Crippen molar-refractivity contribution in [3.63, 3.8) is 0 Å². The van der Waals surface area contributed by atoms with Gasteiger partial charge in [0, 0.05) is 57.4 Å². The van der Waals surface area contributed by atoms with Gasteiger partial charge >= 0.3 is 0 Å². The zero-order chi connectivity index (χ0) is 26.1. The molecule has 0 amide bonds. The second-order valence-electron chi connectivity index (χ2n) is 9.13. The second-order valence-corrected chi connectivity index (χ2v) is 9.13. The number of hydrogen-bond acceptors (Lipinski definition) is 11. The van der Waals surface area contributed by atoms with Gasteiger partial charge in [-0.3, -0.25) is 19.7 Å². The molecule has 0 saturated carbocycles. The molecule has 3 unspecified atom stereocenters. The van der Waals surface area contributed by atoms with E-state index in [0.29, 0.717) is 11.4 Å². The summed E-state index contributed by atoms with van der Waals surface area (Å²) in [6, 6.07) is 1.12. The second kappa shape index (κ2) is 13.5. The highest BCUT2D eigenvalue weighted by molar-refractivity contribution is 5.71. The summed E-state index contributed by atoms with van der Waals surface area (Å²) in [6.07, 6.45) is 1.68. The van der Waals surface area contributed by atoms with Crippen LogP contribution in [0.15, 0.2) is 12.1 Å². The van der Waals surface area contributed by atoms with Gasteiger partial charge < -0.3 is 35.0 Å². The molecule has 11 nitrogen and oxygen atoms in total. The first-order chi connectivity index (χ1) is 16.5. The van der Waals surface area contributed by atoms with E-state index in [1.807, 2.05) is 19.2 Å². The third kappa shape index (κ3) is 8.53. The summed E-state index contributed by atoms with van der Waals surface area (Å²) in [5, 5.41) is 38.1. The van der Waals surface area contributed by atoms with Crippen molar-refractivity contribution in [2.45, 2.75) is 64.8 Å². The molecule has 2 rings (SSSR count). The van der Waals surface area contributed by atoms with E-state index in [4.69, 9.17) is 4.98 Å². The van der Waals surface area contributed by atoms with Gasteiger partial charge in [0.05, 0.1) is 29.3 Å². The van der Waals surface area contributed by atoms with Crippen LogP contribution in [0.1, 0.15) is 44.1 Å². The Balaban J connectivity index is 2.48. The van der Waals surface area contributed by atoms with Gasteiger partial charge in [-0.25, -0.2) is 0 Å². The van der Waals surface area contributed by atoms with Crippen LogP contribution in [0.4, 0.5) is 0 Å². The fourth-order valence-corrected chi connectivity index (χ4v) is 4.19. The van der Waals surface area contributed by atoms with Crippen molar-refractivity contribution < 1.29 is 29.7 Å². The molecule has 0 aliphatic carbocycles. The van der Waals surface area contributed by atoms with E-state index in [-0.39, 0.29) is 39.3 Å². The van der Waals surface area contributed by atoms with Crippen LogP contribution in [0.3, 0.4) is 0 Å². The average Bonchev–Trinajstić information content (AvgIpc) is 2.80. The van der Waals surface area contributed by atoms with E-state index < -0.39 is 36.0 Å². The van der Waals surface area contributed by atoms with Crippen molar-refractivity contribution in [1.29, 1.82) is 0 Å². The Morgan fingerprint density at radius 2 is 1.23 bits per heavy atom. The number of carbonyl (C=O) groups is 3. The molecule has 1 aliphatic rings. The third-order valence-electron chi connectivity index (χ3n) is 6.63. The summed E-state index contributed by atoms with van der Waals surface area (Å²) < 4.78 is 0. The highest BCUT2D eigenvalue weighted by Gasteiger charge is 2.24. The maximum absolute atomic E-state index is 11.7. The monoisotopic (exact) mass is 490 g/mol. The smallest absolute Gasteiger partial charge is 0.0583 e. The van der Waals surface area contributed by atoms with Crippen molar-refractivity contribution in [3.8, 4) is 0 Å². The fourth-order valence-electron chi connectivity index (χ4n) is 4.19. The number of nitrogens with one attached hydrogen (secondary N) is 1. The number of carboxylic acid groups (broad SMARTS) is 3. The Hall–Kier alpha value is -2.60. The summed E-state index contributed by atoms with van der Waals surface area (Å²) in [6.45, 7) is 6.86. The minimum absolute atomic E-state index is 0.228. The predicted octanol–water partition coefficient (Wildman–Crippen LogP) is -3.43. The van der Waals surface area contributed by atoms with E-state index in [1.165, 1.54) is 20.8 Å². The lowest BCUT2D eigenvalue weighted by Crippen LogP contribution is -2.54. The lowest BCUT2D eigenvalue weighted by molar-refractivity contribution is -0.313. The maximum Gasteiger partial charge on any atom is 0.0583 e. The Kier molecular flexibility index (Phi) is 11.0. The maximum atomic E-state index is 11.7. The quantitative estimate of drug-likeness (QED) is 0.326. The van der Waals surface area contributed by atoms with Crippen LogP contribution in [-0.2, 0) is 33.9 Å². The number of rotatable bonds is 10. The molecule has 2 bridgehead atoms. The Bertz CT molecular complexity index is 830. The molecule has 11 heteroatoms. The number of carbonyl (C=O) groups excluding carboxylic acids is 3. The van der Waals surface area contributed by atoms with Crippen LogP contribution in [0.25, 0.3) is 0 Å². The first-order valence-electron chi connectivity index (χ1n) is 12.0. The standard InChI is InChI=1S/C24H39N5O6/c1-16(22(30)31)27-8-10-28(17(2)23(32)33)14-20-12-19(6-5-7-25-4)13-21(26-20)15-29(11-9-27)18(3)24(34)35/h12-13,16-18,25H,5-11,14-15H2,1-4H3,(H,30,31)(H,32,33)(H,34,35)/p-3. The third-order valence-corrected chi connectivity index (χ3v) is 6.63. The average molecular weight is 491 g/mol. The van der Waals surface area contributed by atoms with E-state index in [2.05, 4.69) is 5.32 Å². The molecular weight excluding hydrogens is 454 g/mol. The molecular formula is C24H36N5O6-3. The van der Waals surface area contributed by atoms with E-state index in [0.717, 1.165) is 24.9 Å². The molecule has 1 aromatic rings. The SMILES string of the molecule is CNCCCc1cc2nc(c1)CN(C(C)C(=O)[O-])CCN(C(C)C(=O)[O-])CCN(C(C)C(=O)[O-])C2. The van der Waals surface area contributed by atoms with Gasteiger partial charge in [0.1, 0.15) is 0 Å². The van der Waals surface area contributed by atoms with Gasteiger partial charge in [-0.15, -0.1) is 0 Å². The van der Waals surface area contributed by atoms with Gasteiger partial charge in [0.15, 0.2) is 0 Å². The summed E-state index contributed by atoms with van der Waals surface area (Å²) >= 11 is 0. The van der Waals surface area contributed by atoms with Gasteiger partial charge in [-0.05, 0) is 64.9 Å². The fraction of sp³-hybridized carbons (Fsp3) is 0.667. The number of pyridine rings is 1. The zero-order valence-electron chi connectivity index (χ0n) is 21.0. The van der Waals surface area contributed by atoms with Crippen LogP contribution in [0.2, 0.25) is 0 Å². The molecule has 2 heterocycles. The topological polar surface area (TPSA) is 155 Å². The van der Waals surface area contributed by atoms with Crippen LogP contribution >= 0.6 is 0 Å². The Morgan fingerprint density at radius 3 is 1.63 bits per heavy atom. The Morgan fingerprint density at radius 1 is 0.829 bits per heavy atom. The number of aliphatic carboxylic acids is 3. The summed E-state index contributed by atoms with van der Waals surface area (Å²) in [5.41, 5.74) is 2.36. The normalized spacial score (nSPS) is 19.2. The van der Waals surface area contributed by atoms with Crippen LogP contribution in [0, 0.1) is 0 Å². The largest absolute Gasteiger partial charge is 0.548 e. The van der Waals surface area contributed by atoms with Crippen molar-refractivity contribution in [2.24, 2.45) is 0 Å². The minimum Gasteiger partial charge on any atom is -0.548 e. The van der Waals surface area contributed by atoms with Crippen molar-refractivity contribution in [3.05, 3.63) is 29.1 Å². The van der Waals surface area contributed by atoms with Crippen molar-refractivity contribution in [1.82, 2.24) is 25.0 Å². The van der Waals surface area contributed by atoms with E-state index in [9.17, 15) is 29.7 Å². The van der Waals surface area contributed by atoms with Crippen molar-refractivity contribution >= 4 is 17.9 Å². The summed E-state index contributed by atoms with van der Waals surface area (Å²) in [7, 11) is 1.88. The highest BCUT2D eigenvalue weighted by Crippen LogP contribution is 2.17.